The summed E-state index contributed by atoms with van der Waals surface area (Å²) < 4.78 is 9.28. The summed E-state index contributed by atoms with van der Waals surface area (Å²) in [5.74, 6) is -3.86. The zero-order chi connectivity index (χ0) is 26.6. The number of carbonyl (C=O) groups is 2. The lowest BCUT2D eigenvalue weighted by Gasteiger charge is -2.34. The maximum Gasteiger partial charge on any atom is 0.312 e. The first-order chi connectivity index (χ1) is 16.4. The fourth-order valence-electron chi connectivity index (χ4n) is 4.96. The van der Waals surface area contributed by atoms with Crippen LogP contribution in [0.2, 0.25) is 0 Å². The lowest BCUT2D eigenvalue weighted by molar-refractivity contribution is -0.162. The van der Waals surface area contributed by atoms with Gasteiger partial charge in [-0.15, -0.1) is 23.2 Å². The number of unbranched alkanes of at least 4 members (excludes halogenated alkanes) is 2. The van der Waals surface area contributed by atoms with Gasteiger partial charge in [-0.25, -0.2) is 0 Å². The normalized spacial score (nSPS) is 30.9. The highest BCUT2D eigenvalue weighted by atomic mass is 35.5. The second-order valence-corrected chi connectivity index (χ2v) is 12.9. The minimum atomic E-state index is -2.05. The third-order valence-corrected chi connectivity index (χ3v) is 11.7. The summed E-state index contributed by atoms with van der Waals surface area (Å²) in [5.41, 5.74) is 0. The third kappa shape index (κ3) is 5.59. The molecule has 0 saturated heterocycles. The van der Waals surface area contributed by atoms with Crippen LogP contribution in [0, 0.1) is 23.7 Å². The van der Waals surface area contributed by atoms with Gasteiger partial charge in [0.15, 0.2) is 4.33 Å². The van der Waals surface area contributed by atoms with Gasteiger partial charge in [0.1, 0.15) is 9.75 Å². The molecular formula is C25H36Cl6O4. The number of fused-ring (bicyclic) bond motifs is 2. The van der Waals surface area contributed by atoms with E-state index >= 15 is 0 Å². The van der Waals surface area contributed by atoms with Gasteiger partial charge in [-0.05, 0) is 24.7 Å². The van der Waals surface area contributed by atoms with E-state index in [4.69, 9.17) is 79.1 Å². The highest BCUT2D eigenvalue weighted by Gasteiger charge is 2.86. The molecule has 0 aromatic heterocycles. The second kappa shape index (κ2) is 13.0. The first kappa shape index (κ1) is 31.6. The van der Waals surface area contributed by atoms with E-state index < -0.39 is 37.9 Å². The molecule has 1 saturated carbocycles. The molecule has 0 amide bonds. The van der Waals surface area contributed by atoms with Gasteiger partial charge in [0.2, 0.25) is 0 Å². The number of alkyl halides is 4. The van der Waals surface area contributed by atoms with Crippen LogP contribution in [0.15, 0.2) is 10.1 Å². The zero-order valence-electron chi connectivity index (χ0n) is 20.8. The fraction of sp³-hybridized carbons (Fsp3) is 0.840. The van der Waals surface area contributed by atoms with Crippen molar-refractivity contribution in [3.05, 3.63) is 10.1 Å². The van der Waals surface area contributed by atoms with E-state index in [0.29, 0.717) is 0 Å². The third-order valence-electron chi connectivity index (χ3n) is 7.45. The SMILES string of the molecule is CCCC[C@@H](CC)COC(=O)[C@H]1[C@H](C(=O)OC[C@@H](CC)CCCC)[C@]2(Cl)C(Cl)=C(Cl)[C@]1(Cl)C2(Cl)Cl. The smallest absolute Gasteiger partial charge is 0.312 e. The highest BCUT2D eigenvalue weighted by Crippen LogP contribution is 2.76. The zero-order valence-corrected chi connectivity index (χ0v) is 25.3. The van der Waals surface area contributed by atoms with Crippen molar-refractivity contribution < 1.29 is 19.1 Å². The maximum absolute atomic E-state index is 13.5. The van der Waals surface area contributed by atoms with Crippen molar-refractivity contribution in [2.75, 3.05) is 13.2 Å². The van der Waals surface area contributed by atoms with Crippen LogP contribution < -0.4 is 0 Å². The Labute approximate surface area is 239 Å². The number of ether oxygens (including phenoxy) is 2. The number of carbonyl (C=O) groups excluding carboxylic acids is 2. The molecule has 4 nitrogen and oxygen atoms in total. The topological polar surface area (TPSA) is 52.6 Å². The van der Waals surface area contributed by atoms with Crippen LogP contribution in [-0.4, -0.2) is 39.2 Å². The molecule has 35 heavy (non-hydrogen) atoms. The number of hydrogen-bond donors (Lipinski definition) is 0. The van der Waals surface area contributed by atoms with Crippen LogP contribution >= 0.6 is 69.6 Å². The van der Waals surface area contributed by atoms with Crippen LogP contribution in [0.1, 0.15) is 79.1 Å². The van der Waals surface area contributed by atoms with Gasteiger partial charge in [0.25, 0.3) is 0 Å². The molecule has 1 fully saturated rings. The van der Waals surface area contributed by atoms with Crippen LogP contribution in [0.3, 0.4) is 0 Å². The quantitative estimate of drug-likeness (QED) is 0.146. The molecule has 0 radical (unpaired) electrons. The summed E-state index contributed by atoms with van der Waals surface area (Å²) in [5, 5.41) is -0.307. The summed E-state index contributed by atoms with van der Waals surface area (Å²) in [6.45, 7) is 8.63. The fourth-order valence-corrected chi connectivity index (χ4v) is 7.88. The Hall–Kier alpha value is 0.420. The van der Waals surface area contributed by atoms with Gasteiger partial charge in [-0.3, -0.25) is 9.59 Å². The Morgan fingerprint density at radius 3 is 1.37 bits per heavy atom. The minimum Gasteiger partial charge on any atom is -0.465 e. The van der Waals surface area contributed by atoms with Gasteiger partial charge in [0, 0.05) is 0 Å². The van der Waals surface area contributed by atoms with E-state index in [0.717, 1.165) is 51.4 Å². The lowest BCUT2D eigenvalue weighted by Crippen LogP contribution is -2.47. The highest BCUT2D eigenvalue weighted by molar-refractivity contribution is 6.66. The summed E-state index contributed by atoms with van der Waals surface area (Å²) >= 11 is 40.0. The molecule has 2 aliphatic carbocycles. The molecule has 0 N–H and O–H groups in total. The van der Waals surface area contributed by atoms with Gasteiger partial charge < -0.3 is 9.47 Å². The summed E-state index contributed by atoms with van der Waals surface area (Å²) in [7, 11) is 0. The van der Waals surface area contributed by atoms with Crippen molar-refractivity contribution in [1.29, 1.82) is 0 Å². The predicted molar refractivity (Wildman–Crippen MR) is 146 cm³/mol. The molecule has 0 unspecified atom stereocenters. The van der Waals surface area contributed by atoms with E-state index in [2.05, 4.69) is 13.8 Å². The summed E-state index contributed by atoms with van der Waals surface area (Å²) in [6, 6.07) is 0. The van der Waals surface area contributed by atoms with Crippen LogP contribution in [-0.2, 0) is 19.1 Å². The van der Waals surface area contributed by atoms with E-state index in [-0.39, 0.29) is 35.1 Å². The molecule has 2 rings (SSSR count). The predicted octanol–water partition coefficient (Wildman–Crippen LogP) is 8.58. The molecule has 2 aliphatic rings. The molecule has 10 heteroatoms. The lowest BCUT2D eigenvalue weighted by atomic mass is 9.81. The molecule has 202 valence electrons. The molecular weight excluding hydrogens is 577 g/mol. The Balaban J connectivity index is 2.35. The van der Waals surface area contributed by atoms with Gasteiger partial charge >= 0.3 is 11.9 Å². The monoisotopic (exact) mass is 610 g/mol. The molecule has 0 aliphatic heterocycles. The number of esters is 2. The molecule has 0 heterocycles. The largest absolute Gasteiger partial charge is 0.465 e. The average molecular weight is 613 g/mol. The van der Waals surface area contributed by atoms with Crippen molar-refractivity contribution in [3.8, 4) is 0 Å². The Morgan fingerprint density at radius 2 is 1.09 bits per heavy atom. The first-order valence-corrected chi connectivity index (χ1v) is 14.8. The molecule has 0 spiro atoms. The molecule has 2 bridgehead atoms. The number of allylic oxidation sites excluding steroid dienone is 2. The van der Waals surface area contributed by atoms with Crippen molar-refractivity contribution >= 4 is 81.5 Å². The van der Waals surface area contributed by atoms with Crippen molar-refractivity contribution in [1.82, 2.24) is 0 Å². The standard InChI is InChI=1S/C25H36Cl6O4/c1-5-9-11-15(7-3)13-34-21(32)17-18(22(33)35-14-16(8-4)12-10-6-2)24(29)20(27)19(26)23(17,28)25(24,30)31/h15-18H,5-14H2,1-4H3/t15-,16+,17-,18-,23+,24+/m1/s1. The Morgan fingerprint density at radius 1 is 0.743 bits per heavy atom. The van der Waals surface area contributed by atoms with E-state index in [1.54, 1.807) is 0 Å². The molecule has 0 aromatic carbocycles. The minimum absolute atomic E-state index is 0.153. The van der Waals surface area contributed by atoms with E-state index in [9.17, 15) is 9.59 Å². The van der Waals surface area contributed by atoms with E-state index in [1.165, 1.54) is 0 Å². The molecule has 6 atom stereocenters. The maximum atomic E-state index is 13.5. The molecule has 0 aromatic rings. The second-order valence-electron chi connectivity index (χ2n) is 9.67. The van der Waals surface area contributed by atoms with Gasteiger partial charge in [0.05, 0.1) is 35.1 Å². The Bertz CT molecular complexity index is 741. The van der Waals surface area contributed by atoms with Gasteiger partial charge in [-0.1, -0.05) is 113 Å². The van der Waals surface area contributed by atoms with Crippen LogP contribution in [0.4, 0.5) is 0 Å². The first-order valence-electron chi connectivity index (χ1n) is 12.5. The number of hydrogen-bond acceptors (Lipinski definition) is 4. The van der Waals surface area contributed by atoms with Crippen molar-refractivity contribution in [2.24, 2.45) is 23.7 Å². The summed E-state index contributed by atoms with van der Waals surface area (Å²) in [4.78, 5) is 23.0. The van der Waals surface area contributed by atoms with Crippen molar-refractivity contribution in [3.63, 3.8) is 0 Å². The number of rotatable bonds is 14. The van der Waals surface area contributed by atoms with E-state index in [1.807, 2.05) is 13.8 Å². The van der Waals surface area contributed by atoms with Crippen LogP contribution in [0.25, 0.3) is 0 Å². The Kier molecular flexibility index (Phi) is 11.7. The van der Waals surface area contributed by atoms with Crippen molar-refractivity contribution in [2.45, 2.75) is 93.1 Å². The average Bonchev–Trinajstić information content (AvgIpc) is 3.04. The number of halogens is 6. The van der Waals surface area contributed by atoms with Gasteiger partial charge in [-0.2, -0.15) is 0 Å². The van der Waals surface area contributed by atoms with Crippen LogP contribution in [0.5, 0.6) is 0 Å². The summed E-state index contributed by atoms with van der Waals surface area (Å²) in [6.07, 6.45) is 7.63.